The molecule has 3 heterocycles. The lowest BCUT2D eigenvalue weighted by Gasteiger charge is -2.30. The van der Waals surface area contributed by atoms with Crippen molar-refractivity contribution in [1.82, 2.24) is 19.7 Å². The summed E-state index contributed by atoms with van der Waals surface area (Å²) in [6, 6.07) is -0.0328. The molecule has 5 N–H and O–H groups in total. The molecule has 0 radical (unpaired) electrons. The summed E-state index contributed by atoms with van der Waals surface area (Å²) in [6.07, 6.45) is 8.84. The molecule has 0 saturated heterocycles. The van der Waals surface area contributed by atoms with Crippen molar-refractivity contribution in [2.75, 3.05) is 5.32 Å². The minimum absolute atomic E-state index is 0.0116. The Balaban J connectivity index is 1.83. The third-order valence-corrected chi connectivity index (χ3v) is 4.88. The molecule has 8 heteroatoms. The zero-order valence-electron chi connectivity index (χ0n) is 14.0. The maximum absolute atomic E-state index is 14.9. The van der Waals surface area contributed by atoms with Crippen LogP contribution in [-0.2, 0) is 7.05 Å². The van der Waals surface area contributed by atoms with Crippen molar-refractivity contribution in [3.8, 4) is 17.1 Å². The van der Waals surface area contributed by atoms with Gasteiger partial charge in [0.05, 0.1) is 17.3 Å². The normalized spacial score (nSPS) is 20.9. The first-order valence-electron chi connectivity index (χ1n) is 8.45. The molecule has 3 aromatic heterocycles. The zero-order valence-corrected chi connectivity index (χ0v) is 14.0. The number of nitrogens with one attached hydrogen (secondary N) is 2. The lowest BCUT2D eigenvalue weighted by Crippen LogP contribution is -2.43. The second-order valence-corrected chi connectivity index (χ2v) is 6.65. The monoisotopic (exact) mass is 344 g/mol. The number of rotatable bonds is 3. The summed E-state index contributed by atoms with van der Waals surface area (Å²) in [5.74, 6) is -0.439. The smallest absolute Gasteiger partial charge is 0.198 e. The number of nitrogens with zero attached hydrogens (tertiary/aromatic N) is 3. The Labute approximate surface area is 144 Å². The fraction of sp³-hybridized carbons (Fsp3) is 0.412. The first kappa shape index (κ1) is 15.9. The van der Waals surface area contributed by atoms with Crippen LogP contribution in [0.4, 0.5) is 10.2 Å². The fourth-order valence-corrected chi connectivity index (χ4v) is 3.53. The number of halogens is 1. The Hall–Kier alpha value is -2.61. The van der Waals surface area contributed by atoms with E-state index in [1.807, 2.05) is 0 Å². The number of H-pyrrole nitrogens is 1. The van der Waals surface area contributed by atoms with E-state index < -0.39 is 5.82 Å². The molecule has 0 amide bonds. The third-order valence-electron chi connectivity index (χ3n) is 4.88. The molecule has 132 valence electrons. The van der Waals surface area contributed by atoms with Gasteiger partial charge in [-0.1, -0.05) is 12.8 Å². The van der Waals surface area contributed by atoms with E-state index in [0.29, 0.717) is 22.0 Å². The number of fused-ring (bicyclic) bond motifs is 1. The topological polar surface area (TPSA) is 105 Å². The van der Waals surface area contributed by atoms with Crippen LogP contribution in [0.25, 0.3) is 22.0 Å². The predicted molar refractivity (Wildman–Crippen MR) is 93.8 cm³/mol. The highest BCUT2D eigenvalue weighted by Gasteiger charge is 2.26. The van der Waals surface area contributed by atoms with Gasteiger partial charge >= 0.3 is 0 Å². The fourth-order valence-electron chi connectivity index (χ4n) is 3.53. The van der Waals surface area contributed by atoms with Crippen LogP contribution in [-0.4, -0.2) is 36.9 Å². The Morgan fingerprint density at radius 2 is 2.20 bits per heavy atom. The number of aromatic nitrogens is 4. The number of pyridine rings is 1. The van der Waals surface area contributed by atoms with Crippen molar-refractivity contribution in [3.05, 3.63) is 24.4 Å². The average molecular weight is 344 g/mol. The molecule has 1 aliphatic rings. The van der Waals surface area contributed by atoms with Crippen LogP contribution in [0.15, 0.2) is 18.6 Å². The highest BCUT2D eigenvalue weighted by Crippen LogP contribution is 2.37. The highest BCUT2D eigenvalue weighted by molar-refractivity contribution is 6.00. The number of hydrogen-bond acceptors (Lipinski definition) is 5. The van der Waals surface area contributed by atoms with Crippen molar-refractivity contribution < 1.29 is 9.50 Å². The second-order valence-electron chi connectivity index (χ2n) is 6.65. The van der Waals surface area contributed by atoms with Crippen LogP contribution in [0.2, 0.25) is 0 Å². The largest absolute Gasteiger partial charge is 0.494 e. The van der Waals surface area contributed by atoms with E-state index in [1.165, 1.54) is 6.20 Å². The maximum atomic E-state index is 14.9. The third kappa shape index (κ3) is 2.72. The molecule has 0 aliphatic heterocycles. The van der Waals surface area contributed by atoms with Gasteiger partial charge in [0.2, 0.25) is 0 Å². The molecular weight excluding hydrogens is 323 g/mol. The molecule has 2 atom stereocenters. The molecule has 25 heavy (non-hydrogen) atoms. The first-order valence-corrected chi connectivity index (χ1v) is 8.45. The number of aryl methyl sites for hydroxylation is 1. The van der Waals surface area contributed by atoms with E-state index >= 15 is 0 Å². The number of anilines is 1. The molecular formula is C17H21FN6O. The van der Waals surface area contributed by atoms with E-state index in [0.717, 1.165) is 25.7 Å². The molecule has 3 aromatic rings. The highest BCUT2D eigenvalue weighted by atomic mass is 19.1. The summed E-state index contributed by atoms with van der Waals surface area (Å²) in [7, 11) is 1.79. The molecule has 0 aromatic carbocycles. The van der Waals surface area contributed by atoms with Gasteiger partial charge in [-0.3, -0.25) is 4.68 Å². The zero-order chi connectivity index (χ0) is 17.6. The minimum Gasteiger partial charge on any atom is -0.494 e. The predicted octanol–water partition coefficient (Wildman–Crippen LogP) is 2.49. The van der Waals surface area contributed by atoms with Crippen LogP contribution in [0.1, 0.15) is 25.7 Å². The average Bonchev–Trinajstić information content (AvgIpc) is 3.19. The van der Waals surface area contributed by atoms with Crippen LogP contribution >= 0.6 is 0 Å². The first-order chi connectivity index (χ1) is 12.0. The Morgan fingerprint density at radius 1 is 1.40 bits per heavy atom. The minimum atomic E-state index is -0.489. The molecule has 1 unspecified atom stereocenters. The number of hydrogen-bond donors (Lipinski definition) is 4. The molecule has 1 fully saturated rings. The van der Waals surface area contributed by atoms with E-state index in [9.17, 15) is 9.50 Å². The van der Waals surface area contributed by atoms with Crippen molar-refractivity contribution in [2.45, 2.75) is 37.8 Å². The summed E-state index contributed by atoms with van der Waals surface area (Å²) >= 11 is 0. The maximum Gasteiger partial charge on any atom is 0.198 e. The van der Waals surface area contributed by atoms with Crippen LogP contribution in [0, 0.1) is 5.82 Å². The van der Waals surface area contributed by atoms with Gasteiger partial charge in [0.1, 0.15) is 0 Å². The van der Waals surface area contributed by atoms with E-state index in [2.05, 4.69) is 20.4 Å². The molecule has 0 spiro atoms. The molecule has 7 nitrogen and oxygen atoms in total. The van der Waals surface area contributed by atoms with Crippen LogP contribution in [0.3, 0.4) is 0 Å². The lowest BCUT2D eigenvalue weighted by atomic mass is 9.91. The summed E-state index contributed by atoms with van der Waals surface area (Å²) < 4.78 is 16.6. The van der Waals surface area contributed by atoms with Crippen molar-refractivity contribution in [1.29, 1.82) is 0 Å². The Kier molecular flexibility index (Phi) is 3.84. The molecule has 1 aliphatic carbocycles. The van der Waals surface area contributed by atoms with Crippen molar-refractivity contribution >= 4 is 16.6 Å². The van der Waals surface area contributed by atoms with Gasteiger partial charge in [-0.15, -0.1) is 0 Å². The summed E-state index contributed by atoms with van der Waals surface area (Å²) in [6.45, 7) is 0. The number of aromatic hydroxyl groups is 1. The van der Waals surface area contributed by atoms with Crippen LogP contribution < -0.4 is 11.1 Å². The van der Waals surface area contributed by atoms with Gasteiger partial charge in [0.15, 0.2) is 17.5 Å². The standard InChI is InChI=1S/C17H21FN6O/c1-24-8-9(6-21-24)15-13-10(7-20-17(13)25)14(18)16(23-15)22-12-5-3-2-4-11(12)19/h6-8,11-12,20,22,25H,2-5,19H2,1H3/t11-,12?/m0/s1. The van der Waals surface area contributed by atoms with E-state index in [4.69, 9.17) is 5.73 Å². The van der Waals surface area contributed by atoms with Crippen LogP contribution in [0.5, 0.6) is 5.88 Å². The Bertz CT molecular complexity index is 917. The molecule has 0 bridgehead atoms. The van der Waals surface area contributed by atoms with Gasteiger partial charge in [0, 0.05) is 42.5 Å². The summed E-state index contributed by atoms with van der Waals surface area (Å²) in [4.78, 5) is 7.14. The number of nitrogens with two attached hydrogens (primary N) is 1. The summed E-state index contributed by atoms with van der Waals surface area (Å²) in [5.41, 5.74) is 7.36. The second kappa shape index (κ2) is 6.03. The van der Waals surface area contributed by atoms with Gasteiger partial charge in [0.25, 0.3) is 0 Å². The number of aromatic amines is 1. The lowest BCUT2D eigenvalue weighted by molar-refractivity contribution is 0.402. The van der Waals surface area contributed by atoms with E-state index in [-0.39, 0.29) is 23.8 Å². The van der Waals surface area contributed by atoms with Crippen molar-refractivity contribution in [2.24, 2.45) is 12.8 Å². The molecule has 1 saturated carbocycles. The molecule has 4 rings (SSSR count). The Morgan fingerprint density at radius 3 is 2.92 bits per heavy atom. The van der Waals surface area contributed by atoms with Crippen molar-refractivity contribution in [3.63, 3.8) is 0 Å². The van der Waals surface area contributed by atoms with Gasteiger partial charge in [-0.05, 0) is 12.8 Å². The quantitative estimate of drug-likeness (QED) is 0.584. The summed E-state index contributed by atoms with van der Waals surface area (Å²) in [5, 5.41) is 18.1. The van der Waals surface area contributed by atoms with Gasteiger partial charge < -0.3 is 21.1 Å². The van der Waals surface area contributed by atoms with Gasteiger partial charge in [-0.25, -0.2) is 9.37 Å². The van der Waals surface area contributed by atoms with Gasteiger partial charge in [-0.2, -0.15) is 5.10 Å². The SMILES string of the molecule is Cn1cc(-c2nc(NC3CCCC[C@@H]3N)c(F)c3c[nH]c(O)c23)cn1. The van der Waals surface area contributed by atoms with E-state index in [1.54, 1.807) is 24.1 Å².